The first-order valence-corrected chi connectivity index (χ1v) is 8.74. The minimum atomic E-state index is 0.123. The van der Waals surface area contributed by atoms with Crippen LogP contribution in [0.5, 0.6) is 0 Å². The van der Waals surface area contributed by atoms with E-state index in [1.165, 1.54) is 6.42 Å². The van der Waals surface area contributed by atoms with Gasteiger partial charge in [-0.3, -0.25) is 14.7 Å². The lowest BCUT2D eigenvalue weighted by molar-refractivity contribution is 0.0613. The number of hydrogen-bond donors (Lipinski definition) is 0. The smallest absolute Gasteiger partial charge is 0.254 e. The van der Waals surface area contributed by atoms with Crippen LogP contribution in [-0.4, -0.2) is 66.6 Å². The lowest BCUT2D eigenvalue weighted by Gasteiger charge is -2.36. The Kier molecular flexibility index (Phi) is 4.45. The number of aromatic nitrogens is 1. The van der Waals surface area contributed by atoms with Crippen molar-refractivity contribution in [1.82, 2.24) is 14.8 Å². The number of hydrogen-bond acceptors (Lipinski definition) is 4. The lowest BCUT2D eigenvalue weighted by Crippen LogP contribution is -2.49. The van der Waals surface area contributed by atoms with Crippen molar-refractivity contribution in [3.8, 4) is 0 Å². The molecule has 1 unspecified atom stereocenters. The van der Waals surface area contributed by atoms with Crippen molar-refractivity contribution in [3.63, 3.8) is 0 Å². The van der Waals surface area contributed by atoms with Gasteiger partial charge in [-0.2, -0.15) is 0 Å². The van der Waals surface area contributed by atoms with E-state index < -0.39 is 0 Å². The maximum absolute atomic E-state index is 12.9. The predicted octanol–water partition coefficient (Wildman–Crippen LogP) is 2.03. The molecule has 3 heterocycles. The number of fused-ring (bicyclic) bond motifs is 1. The molecule has 2 saturated heterocycles. The first-order chi connectivity index (χ1) is 11.8. The zero-order chi connectivity index (χ0) is 16.4. The molecule has 2 aliphatic rings. The van der Waals surface area contributed by atoms with Crippen LogP contribution in [0.4, 0.5) is 0 Å². The van der Waals surface area contributed by atoms with Gasteiger partial charge < -0.3 is 9.64 Å². The maximum Gasteiger partial charge on any atom is 0.254 e. The third kappa shape index (κ3) is 3.14. The van der Waals surface area contributed by atoms with Gasteiger partial charge in [-0.15, -0.1) is 0 Å². The summed E-state index contributed by atoms with van der Waals surface area (Å²) in [5.74, 6) is 0.786. The molecular weight excluding hydrogens is 302 g/mol. The van der Waals surface area contributed by atoms with Crippen molar-refractivity contribution in [2.24, 2.45) is 5.92 Å². The molecule has 5 heteroatoms. The van der Waals surface area contributed by atoms with E-state index in [1.54, 1.807) is 6.20 Å². The standard InChI is InChI=1S/C19H23N3O2/c23-19(17-3-1-5-18-16(17)4-2-7-20-18)22-10-8-21(9-11-22)13-15-6-12-24-14-15/h1-5,7,15H,6,8-14H2. The van der Waals surface area contributed by atoms with Crippen LogP contribution < -0.4 is 0 Å². The van der Waals surface area contributed by atoms with Crippen LogP contribution in [-0.2, 0) is 4.74 Å². The van der Waals surface area contributed by atoms with Gasteiger partial charge in [0, 0.05) is 56.5 Å². The van der Waals surface area contributed by atoms with Gasteiger partial charge in [0.1, 0.15) is 0 Å². The van der Waals surface area contributed by atoms with E-state index in [2.05, 4.69) is 9.88 Å². The Bertz CT molecular complexity index is 714. The molecule has 2 aliphatic heterocycles. The van der Waals surface area contributed by atoms with Crippen LogP contribution in [0.25, 0.3) is 10.9 Å². The highest BCUT2D eigenvalue weighted by Crippen LogP contribution is 2.20. The van der Waals surface area contributed by atoms with E-state index in [1.807, 2.05) is 35.2 Å². The molecule has 0 radical (unpaired) electrons. The Labute approximate surface area is 142 Å². The van der Waals surface area contributed by atoms with Crippen molar-refractivity contribution < 1.29 is 9.53 Å². The van der Waals surface area contributed by atoms with Gasteiger partial charge in [-0.1, -0.05) is 12.1 Å². The molecule has 0 N–H and O–H groups in total. The van der Waals surface area contributed by atoms with Gasteiger partial charge in [0.25, 0.3) is 5.91 Å². The number of pyridine rings is 1. The zero-order valence-corrected chi connectivity index (χ0v) is 13.9. The highest BCUT2D eigenvalue weighted by Gasteiger charge is 2.26. The topological polar surface area (TPSA) is 45.7 Å². The summed E-state index contributed by atoms with van der Waals surface area (Å²) in [7, 11) is 0. The summed E-state index contributed by atoms with van der Waals surface area (Å²) in [6.07, 6.45) is 2.93. The van der Waals surface area contributed by atoms with E-state index in [0.717, 1.165) is 62.4 Å². The Hall–Kier alpha value is -1.98. The fourth-order valence-corrected chi connectivity index (χ4v) is 3.69. The largest absolute Gasteiger partial charge is 0.381 e. The third-order valence-electron chi connectivity index (χ3n) is 5.08. The highest BCUT2D eigenvalue weighted by molar-refractivity contribution is 6.06. The molecule has 1 amide bonds. The molecule has 0 bridgehead atoms. The number of nitrogens with zero attached hydrogens (tertiary/aromatic N) is 3. The van der Waals surface area contributed by atoms with Crippen LogP contribution in [0, 0.1) is 5.92 Å². The van der Waals surface area contributed by atoms with Crippen LogP contribution >= 0.6 is 0 Å². The van der Waals surface area contributed by atoms with Crippen molar-refractivity contribution in [2.45, 2.75) is 6.42 Å². The number of rotatable bonds is 3. The highest BCUT2D eigenvalue weighted by atomic mass is 16.5. The van der Waals surface area contributed by atoms with Gasteiger partial charge in [-0.25, -0.2) is 0 Å². The quantitative estimate of drug-likeness (QED) is 0.866. The molecule has 1 aromatic carbocycles. The van der Waals surface area contributed by atoms with E-state index in [4.69, 9.17) is 4.74 Å². The minimum absolute atomic E-state index is 0.123. The normalized spacial score (nSPS) is 22.2. The maximum atomic E-state index is 12.9. The second kappa shape index (κ2) is 6.87. The number of piperazine rings is 1. The van der Waals surface area contributed by atoms with Gasteiger partial charge in [0.2, 0.25) is 0 Å². The first-order valence-electron chi connectivity index (χ1n) is 8.74. The summed E-state index contributed by atoms with van der Waals surface area (Å²) in [5.41, 5.74) is 1.64. The average molecular weight is 325 g/mol. The van der Waals surface area contributed by atoms with Gasteiger partial charge in [0.15, 0.2) is 0 Å². The predicted molar refractivity (Wildman–Crippen MR) is 93.0 cm³/mol. The Morgan fingerprint density at radius 1 is 1.17 bits per heavy atom. The summed E-state index contributed by atoms with van der Waals surface area (Å²) in [4.78, 5) is 21.7. The SMILES string of the molecule is O=C(c1cccc2ncccc12)N1CCN(CC2CCOC2)CC1. The first kappa shape index (κ1) is 15.5. The molecule has 2 aromatic rings. The second-order valence-corrected chi connectivity index (χ2v) is 6.70. The van der Waals surface area contributed by atoms with E-state index in [9.17, 15) is 4.79 Å². The number of benzene rings is 1. The minimum Gasteiger partial charge on any atom is -0.381 e. The summed E-state index contributed by atoms with van der Waals surface area (Å²) < 4.78 is 5.46. The molecule has 24 heavy (non-hydrogen) atoms. The average Bonchev–Trinajstić information content (AvgIpc) is 3.14. The monoisotopic (exact) mass is 325 g/mol. The number of ether oxygens (including phenoxy) is 1. The summed E-state index contributed by atoms with van der Waals surface area (Å²) in [5, 5.41) is 0.940. The summed E-state index contributed by atoms with van der Waals surface area (Å²) in [6.45, 7) is 6.38. The lowest BCUT2D eigenvalue weighted by atomic mass is 10.1. The molecule has 0 spiro atoms. The van der Waals surface area contributed by atoms with Crippen molar-refractivity contribution >= 4 is 16.8 Å². The number of amides is 1. The van der Waals surface area contributed by atoms with Crippen LogP contribution in [0.15, 0.2) is 36.5 Å². The Morgan fingerprint density at radius 3 is 2.83 bits per heavy atom. The summed E-state index contributed by atoms with van der Waals surface area (Å²) >= 11 is 0. The van der Waals surface area contributed by atoms with Gasteiger partial charge in [0.05, 0.1) is 12.1 Å². The van der Waals surface area contributed by atoms with Crippen LogP contribution in [0.2, 0.25) is 0 Å². The number of carbonyl (C=O) groups excluding carboxylic acids is 1. The molecule has 1 atom stereocenters. The molecule has 5 nitrogen and oxygen atoms in total. The van der Waals surface area contributed by atoms with Crippen molar-refractivity contribution in [3.05, 3.63) is 42.1 Å². The second-order valence-electron chi connectivity index (χ2n) is 6.70. The molecule has 4 rings (SSSR count). The Balaban J connectivity index is 1.42. The van der Waals surface area contributed by atoms with E-state index >= 15 is 0 Å². The van der Waals surface area contributed by atoms with Crippen LogP contribution in [0.3, 0.4) is 0 Å². The molecule has 1 aromatic heterocycles. The molecule has 126 valence electrons. The summed E-state index contributed by atoms with van der Waals surface area (Å²) in [6, 6.07) is 9.65. The molecular formula is C19H23N3O2. The number of carbonyl (C=O) groups is 1. The fourth-order valence-electron chi connectivity index (χ4n) is 3.69. The Morgan fingerprint density at radius 2 is 2.04 bits per heavy atom. The van der Waals surface area contributed by atoms with Gasteiger partial charge in [-0.05, 0) is 30.5 Å². The van der Waals surface area contributed by atoms with Gasteiger partial charge >= 0.3 is 0 Å². The molecule has 0 saturated carbocycles. The fraction of sp³-hybridized carbons (Fsp3) is 0.474. The third-order valence-corrected chi connectivity index (χ3v) is 5.08. The zero-order valence-electron chi connectivity index (χ0n) is 13.9. The molecule has 2 fully saturated rings. The van der Waals surface area contributed by atoms with E-state index in [-0.39, 0.29) is 5.91 Å². The van der Waals surface area contributed by atoms with Crippen molar-refractivity contribution in [2.75, 3.05) is 45.9 Å². The van der Waals surface area contributed by atoms with E-state index in [0.29, 0.717) is 5.92 Å². The molecule has 0 aliphatic carbocycles. The van der Waals surface area contributed by atoms with Crippen molar-refractivity contribution in [1.29, 1.82) is 0 Å². The van der Waals surface area contributed by atoms with Crippen LogP contribution in [0.1, 0.15) is 16.8 Å².